The van der Waals surface area contributed by atoms with E-state index >= 15 is 0 Å². The molecule has 2 aromatic heterocycles. The maximum Gasteiger partial charge on any atom is 0.271 e. The van der Waals surface area contributed by atoms with Gasteiger partial charge in [0.2, 0.25) is 0 Å². The van der Waals surface area contributed by atoms with Crippen molar-refractivity contribution in [1.82, 2.24) is 20.3 Å². The molecule has 0 radical (unpaired) electrons. The SMILES string of the molecule is Cc1cnc(CNC(=O)c2csc(Cc3ccccc3)n2)cn1. The third-order valence-corrected chi connectivity index (χ3v) is 4.10. The Bertz CT molecular complexity index is 784. The number of amides is 1. The molecular weight excluding hydrogens is 308 g/mol. The lowest BCUT2D eigenvalue weighted by molar-refractivity contribution is 0.0946. The Balaban J connectivity index is 1.59. The second-order valence-corrected chi connectivity index (χ2v) is 6.06. The fraction of sp³-hybridized carbons (Fsp3) is 0.176. The van der Waals surface area contributed by atoms with Crippen molar-refractivity contribution in [2.75, 3.05) is 0 Å². The first kappa shape index (κ1) is 15.3. The van der Waals surface area contributed by atoms with Crippen LogP contribution in [0.15, 0.2) is 48.1 Å². The van der Waals surface area contributed by atoms with E-state index in [0.717, 1.165) is 22.8 Å². The quantitative estimate of drug-likeness (QED) is 0.783. The van der Waals surface area contributed by atoms with Crippen LogP contribution in [0.25, 0.3) is 0 Å². The molecule has 6 heteroatoms. The maximum absolute atomic E-state index is 12.1. The number of thiazole rings is 1. The lowest BCUT2D eigenvalue weighted by Gasteiger charge is -2.02. The molecule has 0 unspecified atom stereocenters. The zero-order chi connectivity index (χ0) is 16.1. The first-order valence-electron chi connectivity index (χ1n) is 7.25. The molecule has 23 heavy (non-hydrogen) atoms. The van der Waals surface area contributed by atoms with Gasteiger partial charge in [0, 0.05) is 18.0 Å². The summed E-state index contributed by atoms with van der Waals surface area (Å²) in [6, 6.07) is 10.1. The Morgan fingerprint density at radius 2 is 2.00 bits per heavy atom. The third kappa shape index (κ3) is 4.20. The van der Waals surface area contributed by atoms with Crippen LogP contribution in [0.1, 0.15) is 32.4 Å². The normalized spacial score (nSPS) is 10.5. The van der Waals surface area contributed by atoms with Gasteiger partial charge in [0.05, 0.1) is 29.1 Å². The van der Waals surface area contributed by atoms with Crippen molar-refractivity contribution in [3.05, 3.63) is 75.8 Å². The van der Waals surface area contributed by atoms with E-state index in [0.29, 0.717) is 12.2 Å². The van der Waals surface area contributed by atoms with Crippen LogP contribution in [-0.4, -0.2) is 20.9 Å². The van der Waals surface area contributed by atoms with E-state index in [9.17, 15) is 4.79 Å². The molecule has 116 valence electrons. The molecule has 0 aliphatic carbocycles. The van der Waals surface area contributed by atoms with Crippen molar-refractivity contribution in [2.45, 2.75) is 19.9 Å². The number of carbonyl (C=O) groups excluding carboxylic acids is 1. The summed E-state index contributed by atoms with van der Waals surface area (Å²) in [5.41, 5.74) is 3.21. The van der Waals surface area contributed by atoms with Gasteiger partial charge in [-0.15, -0.1) is 11.3 Å². The Hall–Kier alpha value is -2.60. The summed E-state index contributed by atoms with van der Waals surface area (Å²) in [4.78, 5) is 24.9. The Morgan fingerprint density at radius 3 is 2.74 bits per heavy atom. The van der Waals surface area contributed by atoms with Gasteiger partial charge in [-0.2, -0.15) is 0 Å². The number of nitrogens with one attached hydrogen (secondary N) is 1. The molecule has 0 spiro atoms. The first-order chi connectivity index (χ1) is 11.2. The van der Waals surface area contributed by atoms with Gasteiger partial charge in [0.1, 0.15) is 5.69 Å². The fourth-order valence-corrected chi connectivity index (χ4v) is 2.85. The Morgan fingerprint density at radius 1 is 1.17 bits per heavy atom. The minimum atomic E-state index is -0.192. The average molecular weight is 324 g/mol. The van der Waals surface area contributed by atoms with Crippen LogP contribution in [0.5, 0.6) is 0 Å². The van der Waals surface area contributed by atoms with E-state index in [1.54, 1.807) is 17.8 Å². The van der Waals surface area contributed by atoms with Crippen LogP contribution in [0.4, 0.5) is 0 Å². The molecule has 0 saturated carbocycles. The molecule has 0 bridgehead atoms. The third-order valence-electron chi connectivity index (χ3n) is 3.25. The summed E-state index contributed by atoms with van der Waals surface area (Å²) < 4.78 is 0. The number of aryl methyl sites for hydroxylation is 1. The van der Waals surface area contributed by atoms with E-state index in [-0.39, 0.29) is 5.91 Å². The van der Waals surface area contributed by atoms with E-state index in [2.05, 4.69) is 32.4 Å². The van der Waals surface area contributed by atoms with Gasteiger partial charge in [0.15, 0.2) is 0 Å². The number of aromatic nitrogens is 3. The van der Waals surface area contributed by atoms with Crippen molar-refractivity contribution in [3.8, 4) is 0 Å². The topological polar surface area (TPSA) is 67.8 Å². The molecule has 0 aliphatic heterocycles. The molecule has 0 aliphatic rings. The highest BCUT2D eigenvalue weighted by atomic mass is 32.1. The van der Waals surface area contributed by atoms with Crippen molar-refractivity contribution in [2.24, 2.45) is 0 Å². The summed E-state index contributed by atoms with van der Waals surface area (Å²) in [5.74, 6) is -0.192. The van der Waals surface area contributed by atoms with Gasteiger partial charge in [-0.1, -0.05) is 30.3 Å². The summed E-state index contributed by atoms with van der Waals surface area (Å²) in [6.45, 7) is 2.22. The monoisotopic (exact) mass is 324 g/mol. The highest BCUT2D eigenvalue weighted by Crippen LogP contribution is 2.14. The highest BCUT2D eigenvalue weighted by molar-refractivity contribution is 7.09. The second kappa shape index (κ2) is 7.11. The Labute approximate surface area is 138 Å². The van der Waals surface area contributed by atoms with E-state index in [4.69, 9.17) is 0 Å². The highest BCUT2D eigenvalue weighted by Gasteiger charge is 2.11. The van der Waals surface area contributed by atoms with Gasteiger partial charge in [-0.3, -0.25) is 14.8 Å². The summed E-state index contributed by atoms with van der Waals surface area (Å²) >= 11 is 1.50. The van der Waals surface area contributed by atoms with Crippen molar-refractivity contribution in [3.63, 3.8) is 0 Å². The number of carbonyl (C=O) groups is 1. The number of benzene rings is 1. The van der Waals surface area contributed by atoms with Gasteiger partial charge >= 0.3 is 0 Å². The number of hydrogen-bond donors (Lipinski definition) is 1. The van der Waals surface area contributed by atoms with Crippen LogP contribution in [0.2, 0.25) is 0 Å². The van der Waals surface area contributed by atoms with E-state index in [1.807, 2.05) is 25.1 Å². The molecule has 0 saturated heterocycles. The molecule has 0 atom stereocenters. The van der Waals surface area contributed by atoms with E-state index < -0.39 is 0 Å². The lowest BCUT2D eigenvalue weighted by atomic mass is 10.2. The van der Waals surface area contributed by atoms with Crippen LogP contribution >= 0.6 is 11.3 Å². The van der Waals surface area contributed by atoms with Gasteiger partial charge in [0.25, 0.3) is 5.91 Å². The van der Waals surface area contributed by atoms with Gasteiger partial charge < -0.3 is 5.32 Å². The number of rotatable bonds is 5. The Kier molecular flexibility index (Phi) is 4.73. The van der Waals surface area contributed by atoms with Crippen LogP contribution in [-0.2, 0) is 13.0 Å². The number of nitrogens with zero attached hydrogens (tertiary/aromatic N) is 3. The summed E-state index contributed by atoms with van der Waals surface area (Å²) in [7, 11) is 0. The number of hydrogen-bond acceptors (Lipinski definition) is 5. The molecule has 3 aromatic rings. The predicted octanol–water partition coefficient (Wildman–Crippen LogP) is 2.76. The zero-order valence-corrected chi connectivity index (χ0v) is 13.5. The van der Waals surface area contributed by atoms with Crippen LogP contribution in [0, 0.1) is 6.92 Å². The minimum absolute atomic E-state index is 0.192. The first-order valence-corrected chi connectivity index (χ1v) is 8.13. The average Bonchev–Trinajstić information content (AvgIpc) is 3.03. The second-order valence-electron chi connectivity index (χ2n) is 5.12. The standard InChI is InChI=1S/C17H16N4OS/c1-12-8-19-14(9-18-12)10-20-17(22)15-11-23-16(21-15)7-13-5-3-2-4-6-13/h2-6,8-9,11H,7,10H2,1H3,(H,20,22). The fourth-order valence-electron chi connectivity index (χ4n) is 2.04. The molecule has 1 amide bonds. The van der Waals surface area contributed by atoms with Crippen LogP contribution in [0.3, 0.4) is 0 Å². The van der Waals surface area contributed by atoms with Gasteiger partial charge in [-0.05, 0) is 12.5 Å². The zero-order valence-electron chi connectivity index (χ0n) is 12.7. The molecule has 0 fully saturated rings. The predicted molar refractivity (Wildman–Crippen MR) is 89.3 cm³/mol. The van der Waals surface area contributed by atoms with Crippen molar-refractivity contribution >= 4 is 17.2 Å². The molecule has 2 heterocycles. The van der Waals surface area contributed by atoms with Crippen molar-refractivity contribution < 1.29 is 4.79 Å². The molecular formula is C17H16N4OS. The minimum Gasteiger partial charge on any atom is -0.345 e. The lowest BCUT2D eigenvalue weighted by Crippen LogP contribution is -2.23. The molecule has 5 nitrogen and oxygen atoms in total. The summed E-state index contributed by atoms with van der Waals surface area (Å²) in [6.07, 6.45) is 4.09. The van der Waals surface area contributed by atoms with Crippen LogP contribution < -0.4 is 5.32 Å². The maximum atomic E-state index is 12.1. The van der Waals surface area contributed by atoms with Gasteiger partial charge in [-0.25, -0.2) is 4.98 Å². The van der Waals surface area contributed by atoms with E-state index in [1.165, 1.54) is 16.9 Å². The largest absolute Gasteiger partial charge is 0.345 e. The molecule has 3 rings (SSSR count). The molecule has 1 N–H and O–H groups in total. The summed E-state index contributed by atoms with van der Waals surface area (Å²) in [5, 5.41) is 5.53. The smallest absolute Gasteiger partial charge is 0.271 e. The van der Waals surface area contributed by atoms with Crippen molar-refractivity contribution in [1.29, 1.82) is 0 Å². The molecule has 1 aromatic carbocycles.